The molecule has 29 heavy (non-hydrogen) atoms. The van der Waals surface area contributed by atoms with Crippen LogP contribution in [0.3, 0.4) is 0 Å². The van der Waals surface area contributed by atoms with E-state index in [0.29, 0.717) is 16.9 Å². The predicted molar refractivity (Wildman–Crippen MR) is 115 cm³/mol. The number of aromatic nitrogens is 2. The number of hydrogen-bond acceptors (Lipinski definition) is 6. The van der Waals surface area contributed by atoms with Crippen LogP contribution in [0.15, 0.2) is 58.2 Å². The van der Waals surface area contributed by atoms with Gasteiger partial charge in [-0.05, 0) is 38.1 Å². The number of hydrogen-bond donors (Lipinski definition) is 0. The number of amides is 1. The van der Waals surface area contributed by atoms with Crippen molar-refractivity contribution in [2.24, 2.45) is 0 Å². The Morgan fingerprint density at radius 1 is 1.00 bits per heavy atom. The summed E-state index contributed by atoms with van der Waals surface area (Å²) in [7, 11) is 0. The first kappa shape index (κ1) is 19.5. The number of piperazine rings is 1. The van der Waals surface area contributed by atoms with Gasteiger partial charge in [-0.3, -0.25) is 4.79 Å². The predicted octanol–water partition coefficient (Wildman–Crippen LogP) is 3.79. The average Bonchev–Trinajstić information content (AvgIpc) is 3.21. The number of rotatable bonds is 5. The summed E-state index contributed by atoms with van der Waals surface area (Å²) in [6.45, 7) is 7.23. The van der Waals surface area contributed by atoms with Crippen molar-refractivity contribution in [1.29, 1.82) is 0 Å². The fourth-order valence-electron chi connectivity index (χ4n) is 3.55. The van der Waals surface area contributed by atoms with Crippen LogP contribution in [-0.2, 0) is 4.79 Å². The van der Waals surface area contributed by atoms with E-state index >= 15 is 0 Å². The molecule has 0 spiro atoms. The molecule has 4 rings (SSSR count). The molecule has 7 heteroatoms. The molecule has 1 aliphatic rings. The fraction of sp³-hybridized carbons (Fsp3) is 0.318. The molecular formula is C22H24N4O2S. The molecule has 0 aliphatic carbocycles. The van der Waals surface area contributed by atoms with Gasteiger partial charge in [-0.25, -0.2) is 0 Å². The topological polar surface area (TPSA) is 62.5 Å². The zero-order valence-corrected chi connectivity index (χ0v) is 17.5. The molecule has 0 saturated carbocycles. The van der Waals surface area contributed by atoms with E-state index in [9.17, 15) is 4.79 Å². The highest BCUT2D eigenvalue weighted by molar-refractivity contribution is 7.99. The second kappa shape index (κ2) is 8.69. The van der Waals surface area contributed by atoms with E-state index < -0.39 is 0 Å². The summed E-state index contributed by atoms with van der Waals surface area (Å²) in [6.07, 6.45) is 0. The number of aryl methyl sites for hydroxylation is 2. The molecule has 3 aromatic rings. The maximum atomic E-state index is 12.6. The second-order valence-electron chi connectivity index (χ2n) is 7.24. The molecule has 6 nitrogen and oxygen atoms in total. The van der Waals surface area contributed by atoms with Crippen molar-refractivity contribution in [1.82, 2.24) is 15.1 Å². The third kappa shape index (κ3) is 4.79. The summed E-state index contributed by atoms with van der Waals surface area (Å²) in [5, 5.41) is 8.65. The van der Waals surface area contributed by atoms with E-state index in [2.05, 4.69) is 33.3 Å². The summed E-state index contributed by atoms with van der Waals surface area (Å²) in [5.41, 5.74) is 4.42. The second-order valence-corrected chi connectivity index (χ2v) is 8.17. The number of thioether (sulfide) groups is 1. The van der Waals surface area contributed by atoms with Gasteiger partial charge in [-0.1, -0.05) is 47.2 Å². The van der Waals surface area contributed by atoms with Crippen molar-refractivity contribution in [3.63, 3.8) is 0 Å². The number of carbonyl (C=O) groups is 1. The summed E-state index contributed by atoms with van der Waals surface area (Å²) in [5.74, 6) is 0.900. The van der Waals surface area contributed by atoms with Crippen molar-refractivity contribution in [2.75, 3.05) is 36.8 Å². The Balaban J connectivity index is 1.30. The molecule has 0 unspecified atom stereocenters. The van der Waals surface area contributed by atoms with Gasteiger partial charge >= 0.3 is 0 Å². The lowest BCUT2D eigenvalue weighted by Crippen LogP contribution is -2.49. The van der Waals surface area contributed by atoms with Crippen molar-refractivity contribution in [2.45, 2.75) is 19.1 Å². The molecular weight excluding hydrogens is 384 g/mol. The number of carbonyl (C=O) groups excluding carboxylic acids is 1. The maximum absolute atomic E-state index is 12.6. The number of para-hydroxylation sites is 1. The van der Waals surface area contributed by atoms with Crippen LogP contribution in [0.4, 0.5) is 5.69 Å². The quantitative estimate of drug-likeness (QED) is 0.599. The van der Waals surface area contributed by atoms with Gasteiger partial charge in [0, 0.05) is 37.4 Å². The molecule has 0 radical (unpaired) electrons. The molecule has 0 bridgehead atoms. The minimum Gasteiger partial charge on any atom is -0.411 e. The van der Waals surface area contributed by atoms with Crippen LogP contribution in [0.2, 0.25) is 0 Å². The molecule has 1 amide bonds. The molecule has 1 fully saturated rings. The lowest BCUT2D eigenvalue weighted by molar-refractivity contribution is -0.128. The normalized spacial score (nSPS) is 14.3. The van der Waals surface area contributed by atoms with E-state index in [1.165, 1.54) is 17.4 Å². The van der Waals surface area contributed by atoms with Crippen LogP contribution < -0.4 is 4.90 Å². The summed E-state index contributed by atoms with van der Waals surface area (Å²) < 4.78 is 5.75. The Morgan fingerprint density at radius 3 is 2.38 bits per heavy atom. The monoisotopic (exact) mass is 408 g/mol. The highest BCUT2D eigenvalue weighted by Crippen LogP contribution is 2.25. The van der Waals surface area contributed by atoms with Crippen LogP contribution in [0.25, 0.3) is 11.5 Å². The van der Waals surface area contributed by atoms with Gasteiger partial charge < -0.3 is 14.2 Å². The fourth-order valence-corrected chi connectivity index (χ4v) is 4.22. The molecule has 1 aromatic heterocycles. The molecule has 1 saturated heterocycles. The van der Waals surface area contributed by atoms with Crippen LogP contribution in [0.5, 0.6) is 0 Å². The zero-order chi connectivity index (χ0) is 20.2. The smallest absolute Gasteiger partial charge is 0.277 e. The van der Waals surface area contributed by atoms with Crippen molar-refractivity contribution >= 4 is 23.4 Å². The van der Waals surface area contributed by atoms with Gasteiger partial charge in [-0.15, -0.1) is 10.2 Å². The van der Waals surface area contributed by atoms with Crippen LogP contribution >= 0.6 is 11.8 Å². The molecule has 0 atom stereocenters. The molecule has 1 aliphatic heterocycles. The van der Waals surface area contributed by atoms with Crippen LogP contribution in [0.1, 0.15) is 11.1 Å². The number of nitrogens with zero attached hydrogens (tertiary/aromatic N) is 4. The number of benzene rings is 2. The summed E-state index contributed by atoms with van der Waals surface area (Å²) in [6, 6.07) is 16.5. The highest BCUT2D eigenvalue weighted by atomic mass is 32.2. The largest absolute Gasteiger partial charge is 0.411 e. The van der Waals surface area contributed by atoms with E-state index in [1.807, 2.05) is 49.1 Å². The zero-order valence-electron chi connectivity index (χ0n) is 16.7. The van der Waals surface area contributed by atoms with Crippen molar-refractivity contribution in [3.05, 3.63) is 59.7 Å². The first-order valence-electron chi connectivity index (χ1n) is 9.71. The SMILES string of the molecule is Cc1cc(C)cc(-c2nnc(SCC(=O)N3CCN(c4ccccc4)CC3)o2)c1. The Morgan fingerprint density at radius 2 is 1.69 bits per heavy atom. The van der Waals surface area contributed by atoms with E-state index in [4.69, 9.17) is 4.42 Å². The minimum atomic E-state index is 0.105. The Bertz CT molecular complexity index is 961. The average molecular weight is 409 g/mol. The number of anilines is 1. The van der Waals surface area contributed by atoms with Crippen molar-refractivity contribution < 1.29 is 9.21 Å². The standard InChI is InChI=1S/C22H24N4O2S/c1-16-12-17(2)14-18(13-16)21-23-24-22(28-21)29-15-20(27)26-10-8-25(9-11-26)19-6-4-3-5-7-19/h3-7,12-14H,8-11,15H2,1-2H3. The van der Waals surface area contributed by atoms with Crippen LogP contribution in [0, 0.1) is 13.8 Å². The summed E-state index contributed by atoms with van der Waals surface area (Å²) >= 11 is 1.30. The van der Waals surface area contributed by atoms with Gasteiger partial charge in [0.2, 0.25) is 11.8 Å². The first-order valence-corrected chi connectivity index (χ1v) is 10.7. The summed E-state index contributed by atoms with van der Waals surface area (Å²) in [4.78, 5) is 16.8. The van der Waals surface area contributed by atoms with Gasteiger partial charge in [0.15, 0.2) is 0 Å². The van der Waals surface area contributed by atoms with Gasteiger partial charge in [0.25, 0.3) is 5.22 Å². The Labute approximate surface area is 174 Å². The van der Waals surface area contributed by atoms with Gasteiger partial charge in [-0.2, -0.15) is 0 Å². The van der Waals surface area contributed by atoms with E-state index in [0.717, 1.165) is 42.9 Å². The molecule has 0 N–H and O–H groups in total. The third-order valence-corrected chi connectivity index (χ3v) is 5.75. The van der Waals surface area contributed by atoms with E-state index in [-0.39, 0.29) is 5.91 Å². The Kier molecular flexibility index (Phi) is 5.85. The molecule has 2 aromatic carbocycles. The highest BCUT2D eigenvalue weighted by Gasteiger charge is 2.22. The van der Waals surface area contributed by atoms with Gasteiger partial charge in [0.1, 0.15) is 0 Å². The Hall–Kier alpha value is -2.80. The lowest BCUT2D eigenvalue weighted by Gasteiger charge is -2.36. The molecule has 150 valence electrons. The first-order chi connectivity index (χ1) is 14.1. The van der Waals surface area contributed by atoms with Crippen LogP contribution in [-0.4, -0.2) is 52.9 Å². The van der Waals surface area contributed by atoms with Gasteiger partial charge in [0.05, 0.1) is 5.75 Å². The lowest BCUT2D eigenvalue weighted by atomic mass is 10.1. The van der Waals surface area contributed by atoms with E-state index in [1.54, 1.807) is 0 Å². The minimum absolute atomic E-state index is 0.105. The van der Waals surface area contributed by atoms with Crippen molar-refractivity contribution in [3.8, 4) is 11.5 Å². The molecule has 2 heterocycles. The maximum Gasteiger partial charge on any atom is 0.277 e. The third-order valence-electron chi connectivity index (χ3n) is 4.95.